The molecular formula is C20H22N6. The van der Waals surface area contributed by atoms with Crippen molar-refractivity contribution in [1.82, 2.24) is 20.2 Å². The van der Waals surface area contributed by atoms with Crippen molar-refractivity contribution in [3.63, 3.8) is 0 Å². The molecule has 0 amide bonds. The van der Waals surface area contributed by atoms with Crippen molar-refractivity contribution in [2.75, 3.05) is 36.0 Å². The fraction of sp³-hybridized carbons (Fsp3) is 0.300. The Morgan fingerprint density at radius 2 is 1.46 bits per heavy atom. The standard InChI is InChI=1S/C20H22N6/c1-15-4-6-17(7-5-15)18-14-16(2)19(24-23-18)25-10-12-26(13-11-25)20-21-8-3-9-22-20/h3-9,14H,10-13H2,1-2H3. The third kappa shape index (κ3) is 3.35. The maximum Gasteiger partial charge on any atom is 0.225 e. The molecule has 2 aromatic heterocycles. The molecule has 0 saturated carbocycles. The van der Waals surface area contributed by atoms with Gasteiger partial charge in [0.25, 0.3) is 0 Å². The molecule has 0 radical (unpaired) electrons. The predicted octanol–water partition coefficient (Wildman–Crippen LogP) is 2.88. The monoisotopic (exact) mass is 346 g/mol. The van der Waals surface area contributed by atoms with E-state index in [1.807, 2.05) is 6.07 Å². The molecule has 0 bridgehead atoms. The molecule has 6 heteroatoms. The minimum absolute atomic E-state index is 0.796. The maximum atomic E-state index is 4.52. The number of benzene rings is 1. The van der Waals surface area contributed by atoms with Crippen LogP contribution in [-0.2, 0) is 0 Å². The number of nitrogens with zero attached hydrogens (tertiary/aromatic N) is 6. The Labute approximate surface area is 153 Å². The Hall–Kier alpha value is -3.02. The first-order chi connectivity index (χ1) is 12.7. The van der Waals surface area contributed by atoms with Crippen LogP contribution in [0.4, 0.5) is 11.8 Å². The van der Waals surface area contributed by atoms with E-state index >= 15 is 0 Å². The summed E-state index contributed by atoms with van der Waals surface area (Å²) in [5, 5.41) is 8.99. The van der Waals surface area contributed by atoms with Gasteiger partial charge < -0.3 is 9.80 Å². The Morgan fingerprint density at radius 1 is 0.808 bits per heavy atom. The molecular weight excluding hydrogens is 324 g/mol. The Balaban J connectivity index is 1.48. The smallest absolute Gasteiger partial charge is 0.225 e. The van der Waals surface area contributed by atoms with Crippen LogP contribution >= 0.6 is 0 Å². The van der Waals surface area contributed by atoms with Gasteiger partial charge in [-0.05, 0) is 31.5 Å². The van der Waals surface area contributed by atoms with E-state index in [1.54, 1.807) is 12.4 Å². The highest BCUT2D eigenvalue weighted by atomic mass is 15.3. The summed E-state index contributed by atoms with van der Waals surface area (Å²) in [5.41, 5.74) is 4.42. The number of anilines is 2. The van der Waals surface area contributed by atoms with Crippen LogP contribution in [0.5, 0.6) is 0 Å². The summed E-state index contributed by atoms with van der Waals surface area (Å²) in [4.78, 5) is 13.2. The van der Waals surface area contributed by atoms with Crippen LogP contribution in [0.25, 0.3) is 11.3 Å². The Morgan fingerprint density at radius 3 is 2.12 bits per heavy atom. The van der Waals surface area contributed by atoms with Crippen LogP contribution < -0.4 is 9.80 Å². The molecule has 4 rings (SSSR count). The van der Waals surface area contributed by atoms with Crippen molar-refractivity contribution >= 4 is 11.8 Å². The van der Waals surface area contributed by atoms with Gasteiger partial charge in [0.05, 0.1) is 5.69 Å². The minimum Gasteiger partial charge on any atom is -0.351 e. The summed E-state index contributed by atoms with van der Waals surface area (Å²) in [6, 6.07) is 12.4. The first-order valence-corrected chi connectivity index (χ1v) is 8.89. The summed E-state index contributed by atoms with van der Waals surface area (Å²) in [6.07, 6.45) is 3.57. The van der Waals surface area contributed by atoms with Crippen LogP contribution in [0, 0.1) is 13.8 Å². The zero-order valence-electron chi connectivity index (χ0n) is 15.1. The summed E-state index contributed by atoms with van der Waals surface area (Å²) < 4.78 is 0. The van der Waals surface area contributed by atoms with E-state index in [2.05, 4.69) is 74.1 Å². The second kappa shape index (κ2) is 7.07. The molecule has 0 unspecified atom stereocenters. The number of hydrogen-bond acceptors (Lipinski definition) is 6. The number of aryl methyl sites for hydroxylation is 2. The molecule has 1 aromatic carbocycles. The molecule has 132 valence electrons. The Bertz CT molecular complexity index is 871. The molecule has 3 aromatic rings. The van der Waals surface area contributed by atoms with Crippen molar-refractivity contribution in [2.45, 2.75) is 13.8 Å². The number of aromatic nitrogens is 4. The number of hydrogen-bond donors (Lipinski definition) is 0. The van der Waals surface area contributed by atoms with Gasteiger partial charge in [-0.2, -0.15) is 0 Å². The zero-order chi connectivity index (χ0) is 17.9. The van der Waals surface area contributed by atoms with Gasteiger partial charge in [-0.3, -0.25) is 0 Å². The summed E-state index contributed by atoms with van der Waals surface area (Å²) in [5.74, 6) is 1.76. The van der Waals surface area contributed by atoms with E-state index in [4.69, 9.17) is 0 Å². The molecule has 0 spiro atoms. The summed E-state index contributed by atoms with van der Waals surface area (Å²) in [6.45, 7) is 7.73. The predicted molar refractivity (Wildman–Crippen MR) is 103 cm³/mol. The van der Waals surface area contributed by atoms with E-state index < -0.39 is 0 Å². The molecule has 0 atom stereocenters. The van der Waals surface area contributed by atoms with Crippen molar-refractivity contribution in [2.24, 2.45) is 0 Å². The molecule has 6 nitrogen and oxygen atoms in total. The minimum atomic E-state index is 0.796. The Kier molecular flexibility index (Phi) is 4.48. The topological polar surface area (TPSA) is 58.0 Å². The maximum absolute atomic E-state index is 4.52. The first-order valence-electron chi connectivity index (χ1n) is 8.89. The highest BCUT2D eigenvalue weighted by molar-refractivity contribution is 5.62. The second-order valence-electron chi connectivity index (χ2n) is 6.63. The van der Waals surface area contributed by atoms with E-state index in [0.717, 1.165) is 54.8 Å². The molecule has 1 aliphatic rings. The molecule has 0 aliphatic carbocycles. The summed E-state index contributed by atoms with van der Waals surface area (Å²) in [7, 11) is 0. The van der Waals surface area contributed by atoms with Gasteiger partial charge >= 0.3 is 0 Å². The van der Waals surface area contributed by atoms with Crippen LogP contribution in [0.15, 0.2) is 48.8 Å². The van der Waals surface area contributed by atoms with E-state index in [1.165, 1.54) is 5.56 Å². The summed E-state index contributed by atoms with van der Waals surface area (Å²) >= 11 is 0. The third-order valence-electron chi connectivity index (χ3n) is 4.72. The van der Waals surface area contributed by atoms with Gasteiger partial charge in [0.1, 0.15) is 0 Å². The lowest BCUT2D eigenvalue weighted by Crippen LogP contribution is -2.47. The van der Waals surface area contributed by atoms with Gasteiger partial charge in [0, 0.05) is 44.1 Å². The molecule has 0 N–H and O–H groups in total. The van der Waals surface area contributed by atoms with E-state index in [0.29, 0.717) is 0 Å². The molecule has 1 saturated heterocycles. The number of piperazine rings is 1. The van der Waals surface area contributed by atoms with Crippen LogP contribution in [-0.4, -0.2) is 46.3 Å². The van der Waals surface area contributed by atoms with E-state index in [9.17, 15) is 0 Å². The lowest BCUT2D eigenvalue weighted by molar-refractivity contribution is 0.630. The van der Waals surface area contributed by atoms with Crippen LogP contribution in [0.1, 0.15) is 11.1 Å². The van der Waals surface area contributed by atoms with Crippen molar-refractivity contribution in [1.29, 1.82) is 0 Å². The first kappa shape index (κ1) is 16.4. The molecule has 26 heavy (non-hydrogen) atoms. The number of rotatable bonds is 3. The highest BCUT2D eigenvalue weighted by Gasteiger charge is 2.21. The van der Waals surface area contributed by atoms with Crippen molar-refractivity contribution < 1.29 is 0 Å². The van der Waals surface area contributed by atoms with Gasteiger partial charge in [0.15, 0.2) is 5.82 Å². The van der Waals surface area contributed by atoms with Gasteiger partial charge in [0.2, 0.25) is 5.95 Å². The average molecular weight is 346 g/mol. The van der Waals surface area contributed by atoms with Gasteiger partial charge in [-0.1, -0.05) is 29.8 Å². The van der Waals surface area contributed by atoms with Gasteiger partial charge in [-0.15, -0.1) is 10.2 Å². The quantitative estimate of drug-likeness (QED) is 0.727. The third-order valence-corrected chi connectivity index (χ3v) is 4.72. The largest absolute Gasteiger partial charge is 0.351 e. The fourth-order valence-electron chi connectivity index (χ4n) is 3.23. The zero-order valence-corrected chi connectivity index (χ0v) is 15.1. The van der Waals surface area contributed by atoms with Crippen LogP contribution in [0.3, 0.4) is 0 Å². The normalized spacial score (nSPS) is 14.5. The van der Waals surface area contributed by atoms with Crippen molar-refractivity contribution in [3.8, 4) is 11.3 Å². The molecule has 1 aliphatic heterocycles. The molecule has 1 fully saturated rings. The lowest BCUT2D eigenvalue weighted by Gasteiger charge is -2.35. The van der Waals surface area contributed by atoms with Crippen molar-refractivity contribution in [3.05, 3.63) is 59.9 Å². The average Bonchev–Trinajstić information content (AvgIpc) is 2.69. The van der Waals surface area contributed by atoms with Gasteiger partial charge in [-0.25, -0.2) is 9.97 Å². The fourth-order valence-corrected chi connectivity index (χ4v) is 3.23. The van der Waals surface area contributed by atoms with E-state index in [-0.39, 0.29) is 0 Å². The second-order valence-corrected chi connectivity index (χ2v) is 6.63. The van der Waals surface area contributed by atoms with Crippen LogP contribution in [0.2, 0.25) is 0 Å². The highest BCUT2D eigenvalue weighted by Crippen LogP contribution is 2.24. The lowest BCUT2D eigenvalue weighted by atomic mass is 10.1. The molecule has 3 heterocycles. The SMILES string of the molecule is Cc1ccc(-c2cc(C)c(N3CCN(c4ncccn4)CC3)nn2)cc1.